The van der Waals surface area contributed by atoms with Crippen molar-refractivity contribution in [1.29, 1.82) is 0 Å². The van der Waals surface area contributed by atoms with Crippen LogP contribution < -0.4 is 20.5 Å². The first-order chi connectivity index (χ1) is 10.2. The lowest BCUT2D eigenvalue weighted by Crippen LogP contribution is -2.35. The summed E-state index contributed by atoms with van der Waals surface area (Å²) < 4.78 is 15.9. The number of benzene rings is 1. The third-order valence-corrected chi connectivity index (χ3v) is 3.52. The Balaban J connectivity index is 2.74. The molecule has 0 spiro atoms. The van der Waals surface area contributed by atoms with E-state index in [1.807, 2.05) is 18.2 Å². The zero-order valence-electron chi connectivity index (χ0n) is 13.5. The van der Waals surface area contributed by atoms with Gasteiger partial charge in [-0.25, -0.2) is 0 Å². The van der Waals surface area contributed by atoms with E-state index in [9.17, 15) is 0 Å². The summed E-state index contributed by atoms with van der Waals surface area (Å²) in [5, 5.41) is 3.58. The molecule has 0 radical (unpaired) electrons. The van der Waals surface area contributed by atoms with Gasteiger partial charge in [0.05, 0.1) is 20.8 Å². The van der Waals surface area contributed by atoms with Gasteiger partial charge < -0.3 is 25.3 Å². The van der Waals surface area contributed by atoms with Crippen molar-refractivity contribution in [2.75, 3.05) is 34.5 Å². The van der Waals surface area contributed by atoms with Gasteiger partial charge in [-0.05, 0) is 44.0 Å². The lowest BCUT2D eigenvalue weighted by Gasteiger charge is -2.23. The van der Waals surface area contributed by atoms with Crippen LogP contribution in [0.2, 0.25) is 0 Å². The molecular formula is C16H28N2O3. The third kappa shape index (κ3) is 5.53. The van der Waals surface area contributed by atoms with Crippen molar-refractivity contribution in [3.63, 3.8) is 0 Å². The van der Waals surface area contributed by atoms with E-state index >= 15 is 0 Å². The van der Waals surface area contributed by atoms with Gasteiger partial charge in [-0.2, -0.15) is 0 Å². The van der Waals surface area contributed by atoms with Gasteiger partial charge in [-0.15, -0.1) is 0 Å². The van der Waals surface area contributed by atoms with E-state index in [4.69, 9.17) is 19.9 Å². The van der Waals surface area contributed by atoms with Crippen LogP contribution in [0.25, 0.3) is 0 Å². The summed E-state index contributed by atoms with van der Waals surface area (Å²) in [6.45, 7) is 3.51. The maximum absolute atomic E-state index is 5.59. The van der Waals surface area contributed by atoms with Crippen molar-refractivity contribution in [2.24, 2.45) is 5.73 Å². The molecule has 0 fully saturated rings. The molecule has 5 nitrogen and oxygen atoms in total. The highest BCUT2D eigenvalue weighted by Crippen LogP contribution is 2.30. The third-order valence-electron chi connectivity index (χ3n) is 3.52. The van der Waals surface area contributed by atoms with Crippen molar-refractivity contribution in [2.45, 2.75) is 31.8 Å². The van der Waals surface area contributed by atoms with Crippen molar-refractivity contribution in [3.05, 3.63) is 23.8 Å². The molecule has 0 aliphatic carbocycles. The predicted molar refractivity (Wildman–Crippen MR) is 85.0 cm³/mol. The fourth-order valence-electron chi connectivity index (χ4n) is 2.35. The van der Waals surface area contributed by atoms with E-state index in [0.717, 1.165) is 29.9 Å². The lowest BCUT2D eigenvalue weighted by molar-refractivity contribution is 0.156. The molecule has 5 heteroatoms. The number of hydrogen-bond acceptors (Lipinski definition) is 5. The zero-order chi connectivity index (χ0) is 15.7. The summed E-state index contributed by atoms with van der Waals surface area (Å²) in [5.41, 5.74) is 6.74. The normalized spacial score (nSPS) is 13.8. The lowest BCUT2D eigenvalue weighted by atomic mass is 10.0. The fraction of sp³-hybridized carbons (Fsp3) is 0.625. The summed E-state index contributed by atoms with van der Waals surface area (Å²) >= 11 is 0. The first-order valence-electron chi connectivity index (χ1n) is 7.33. The van der Waals surface area contributed by atoms with Crippen LogP contribution in [0.4, 0.5) is 0 Å². The topological polar surface area (TPSA) is 65.7 Å². The second kappa shape index (κ2) is 9.60. The van der Waals surface area contributed by atoms with Gasteiger partial charge >= 0.3 is 0 Å². The summed E-state index contributed by atoms with van der Waals surface area (Å²) in [6.07, 6.45) is 1.99. The molecule has 0 saturated heterocycles. The fourth-order valence-corrected chi connectivity index (χ4v) is 2.35. The van der Waals surface area contributed by atoms with Crippen molar-refractivity contribution >= 4 is 0 Å². The average Bonchev–Trinajstić information content (AvgIpc) is 2.51. The maximum atomic E-state index is 5.59. The largest absolute Gasteiger partial charge is 0.493 e. The van der Waals surface area contributed by atoms with Crippen molar-refractivity contribution in [3.8, 4) is 11.5 Å². The number of hydrogen-bond donors (Lipinski definition) is 2. The molecule has 2 unspecified atom stereocenters. The SMILES string of the molecule is COCC(CCCN)NC(C)c1ccc(OC)c(OC)c1. The Morgan fingerprint density at radius 2 is 1.86 bits per heavy atom. The second-order valence-electron chi connectivity index (χ2n) is 5.09. The van der Waals surface area contributed by atoms with Gasteiger partial charge in [0.25, 0.3) is 0 Å². The Kier molecular flexibility index (Phi) is 8.12. The number of rotatable bonds is 10. The van der Waals surface area contributed by atoms with E-state index in [1.165, 1.54) is 0 Å². The second-order valence-corrected chi connectivity index (χ2v) is 5.09. The highest BCUT2D eigenvalue weighted by molar-refractivity contribution is 5.43. The minimum absolute atomic E-state index is 0.197. The van der Waals surface area contributed by atoms with Crippen LogP contribution >= 0.6 is 0 Å². The Morgan fingerprint density at radius 3 is 2.43 bits per heavy atom. The quantitative estimate of drug-likeness (QED) is 0.692. The molecule has 3 N–H and O–H groups in total. The molecule has 0 aliphatic rings. The smallest absolute Gasteiger partial charge is 0.161 e. The highest BCUT2D eigenvalue weighted by atomic mass is 16.5. The number of nitrogens with one attached hydrogen (secondary N) is 1. The Bertz CT molecular complexity index is 413. The molecule has 21 heavy (non-hydrogen) atoms. The van der Waals surface area contributed by atoms with Gasteiger partial charge in [0.2, 0.25) is 0 Å². The molecule has 0 aromatic heterocycles. The summed E-state index contributed by atoms with van der Waals surface area (Å²) in [4.78, 5) is 0. The van der Waals surface area contributed by atoms with E-state index in [1.54, 1.807) is 21.3 Å². The molecule has 0 saturated carbocycles. The van der Waals surface area contributed by atoms with Gasteiger partial charge in [-0.3, -0.25) is 0 Å². The first-order valence-corrected chi connectivity index (χ1v) is 7.33. The molecule has 0 heterocycles. The van der Waals surface area contributed by atoms with Crippen LogP contribution in [-0.4, -0.2) is 40.5 Å². The number of methoxy groups -OCH3 is 3. The summed E-state index contributed by atoms with van der Waals surface area (Å²) in [5.74, 6) is 1.49. The standard InChI is InChI=1S/C16H28N2O3/c1-12(18-14(11-19-2)6-5-9-17)13-7-8-15(20-3)16(10-13)21-4/h7-8,10,12,14,18H,5-6,9,11,17H2,1-4H3. The first kappa shape index (κ1) is 17.8. The average molecular weight is 296 g/mol. The molecule has 0 amide bonds. The van der Waals surface area contributed by atoms with E-state index < -0.39 is 0 Å². The van der Waals surface area contributed by atoms with E-state index in [2.05, 4.69) is 12.2 Å². The van der Waals surface area contributed by atoms with Crippen LogP contribution in [0.1, 0.15) is 31.4 Å². The predicted octanol–water partition coefficient (Wildman–Crippen LogP) is 2.11. The van der Waals surface area contributed by atoms with Crippen molar-refractivity contribution in [1.82, 2.24) is 5.32 Å². The summed E-state index contributed by atoms with van der Waals surface area (Å²) in [6, 6.07) is 6.47. The highest BCUT2D eigenvalue weighted by Gasteiger charge is 2.15. The van der Waals surface area contributed by atoms with Crippen molar-refractivity contribution < 1.29 is 14.2 Å². The molecule has 2 atom stereocenters. The van der Waals surface area contributed by atoms with E-state index in [-0.39, 0.29) is 6.04 Å². The number of ether oxygens (including phenoxy) is 3. The minimum atomic E-state index is 0.197. The van der Waals surface area contributed by atoms with Crippen LogP contribution in [0.5, 0.6) is 11.5 Å². The maximum Gasteiger partial charge on any atom is 0.161 e. The van der Waals surface area contributed by atoms with Crippen LogP contribution in [0, 0.1) is 0 Å². The minimum Gasteiger partial charge on any atom is -0.493 e. The van der Waals surface area contributed by atoms with Gasteiger partial charge in [0.15, 0.2) is 11.5 Å². The Labute approximate surface area is 127 Å². The number of nitrogens with two attached hydrogens (primary N) is 1. The van der Waals surface area contributed by atoms with Gasteiger partial charge in [0.1, 0.15) is 0 Å². The molecule has 0 aliphatic heterocycles. The Hall–Kier alpha value is -1.30. The van der Waals surface area contributed by atoms with Gasteiger partial charge in [0, 0.05) is 19.2 Å². The molecular weight excluding hydrogens is 268 g/mol. The van der Waals surface area contributed by atoms with Gasteiger partial charge in [-0.1, -0.05) is 6.07 Å². The molecule has 0 bridgehead atoms. The molecule has 1 aromatic rings. The monoisotopic (exact) mass is 296 g/mol. The van der Waals surface area contributed by atoms with Crippen LogP contribution in [-0.2, 0) is 4.74 Å². The zero-order valence-corrected chi connectivity index (χ0v) is 13.5. The molecule has 1 rings (SSSR count). The summed E-state index contributed by atoms with van der Waals surface area (Å²) in [7, 11) is 5.01. The van der Waals surface area contributed by atoms with Crippen LogP contribution in [0.15, 0.2) is 18.2 Å². The molecule has 120 valence electrons. The van der Waals surface area contributed by atoms with E-state index in [0.29, 0.717) is 19.2 Å². The Morgan fingerprint density at radius 1 is 1.14 bits per heavy atom. The van der Waals surface area contributed by atoms with Crippen LogP contribution in [0.3, 0.4) is 0 Å². The molecule has 1 aromatic carbocycles.